The van der Waals surface area contributed by atoms with Crippen molar-refractivity contribution in [2.24, 2.45) is 11.7 Å². The topological polar surface area (TPSA) is 102 Å². The number of anilines is 1. The Morgan fingerprint density at radius 3 is 2.46 bits per heavy atom. The van der Waals surface area contributed by atoms with Crippen molar-refractivity contribution in [3.8, 4) is 0 Å². The zero-order valence-corrected chi connectivity index (χ0v) is 14.9. The summed E-state index contributed by atoms with van der Waals surface area (Å²) >= 11 is 0. The summed E-state index contributed by atoms with van der Waals surface area (Å²) in [5.41, 5.74) is 6.84. The van der Waals surface area contributed by atoms with Gasteiger partial charge in [-0.25, -0.2) is 4.79 Å². The Morgan fingerprint density at radius 2 is 1.88 bits per heavy atom. The highest BCUT2D eigenvalue weighted by Gasteiger charge is 2.24. The van der Waals surface area contributed by atoms with Crippen LogP contribution >= 0.6 is 0 Å². The summed E-state index contributed by atoms with van der Waals surface area (Å²) < 4.78 is 4.82. The van der Waals surface area contributed by atoms with Crippen LogP contribution in [0.15, 0.2) is 30.3 Å². The van der Waals surface area contributed by atoms with Crippen molar-refractivity contribution >= 4 is 29.5 Å². The molecule has 7 heteroatoms. The van der Waals surface area contributed by atoms with E-state index in [0.29, 0.717) is 38.2 Å². The number of hydrogen-bond donors (Lipinski definition) is 2. The fourth-order valence-electron chi connectivity index (χ4n) is 2.81. The predicted molar refractivity (Wildman–Crippen MR) is 99.1 cm³/mol. The molecule has 1 aromatic carbocycles. The van der Waals surface area contributed by atoms with E-state index in [1.165, 1.54) is 6.08 Å². The molecule has 1 aromatic rings. The number of piperidine rings is 1. The van der Waals surface area contributed by atoms with Crippen molar-refractivity contribution in [2.75, 3.05) is 31.6 Å². The lowest BCUT2D eigenvalue weighted by atomic mass is 9.96. The van der Waals surface area contributed by atoms with Crippen LogP contribution < -0.4 is 11.1 Å². The third kappa shape index (κ3) is 6.33. The molecule has 0 atom stereocenters. The zero-order chi connectivity index (χ0) is 18.9. The molecule has 3 N–H and O–H groups in total. The van der Waals surface area contributed by atoms with Gasteiger partial charge in [0, 0.05) is 17.7 Å². The summed E-state index contributed by atoms with van der Waals surface area (Å²) in [7, 11) is 0. The van der Waals surface area contributed by atoms with Gasteiger partial charge in [0.2, 0.25) is 11.8 Å². The summed E-state index contributed by atoms with van der Waals surface area (Å²) in [5.74, 6) is -0.821. The van der Waals surface area contributed by atoms with Gasteiger partial charge >= 0.3 is 5.97 Å². The maximum atomic E-state index is 12.1. The summed E-state index contributed by atoms with van der Waals surface area (Å²) in [4.78, 5) is 36.6. The van der Waals surface area contributed by atoms with Crippen molar-refractivity contribution in [3.63, 3.8) is 0 Å². The van der Waals surface area contributed by atoms with Crippen molar-refractivity contribution in [1.29, 1.82) is 0 Å². The Balaban J connectivity index is 1.79. The second-order valence-corrected chi connectivity index (χ2v) is 6.21. The molecule has 140 valence electrons. The lowest BCUT2D eigenvalue weighted by molar-refractivity contribution is -0.137. The van der Waals surface area contributed by atoms with Crippen LogP contribution in [0, 0.1) is 5.92 Å². The van der Waals surface area contributed by atoms with Crippen LogP contribution in [0.25, 0.3) is 6.08 Å². The minimum Gasteiger partial charge on any atom is -0.463 e. The maximum absolute atomic E-state index is 12.1. The molecular weight excluding hydrogens is 334 g/mol. The van der Waals surface area contributed by atoms with Crippen molar-refractivity contribution < 1.29 is 19.1 Å². The van der Waals surface area contributed by atoms with Crippen molar-refractivity contribution in [3.05, 3.63) is 35.9 Å². The first-order valence-corrected chi connectivity index (χ1v) is 8.74. The van der Waals surface area contributed by atoms with Crippen LogP contribution in [0.5, 0.6) is 0 Å². The highest BCUT2D eigenvalue weighted by Crippen LogP contribution is 2.17. The van der Waals surface area contributed by atoms with E-state index in [4.69, 9.17) is 10.5 Å². The Kier molecular flexibility index (Phi) is 7.35. The molecule has 1 saturated heterocycles. The summed E-state index contributed by atoms with van der Waals surface area (Å²) in [6.07, 6.45) is 4.42. The molecule has 7 nitrogen and oxygen atoms in total. The predicted octanol–water partition coefficient (Wildman–Crippen LogP) is 1.40. The third-order valence-corrected chi connectivity index (χ3v) is 4.25. The molecule has 1 heterocycles. The molecule has 0 aromatic heterocycles. The first-order chi connectivity index (χ1) is 12.5. The van der Waals surface area contributed by atoms with Gasteiger partial charge in [0.1, 0.15) is 0 Å². The Bertz CT molecular complexity index is 662. The average molecular weight is 359 g/mol. The van der Waals surface area contributed by atoms with Crippen LogP contribution in [0.3, 0.4) is 0 Å². The number of esters is 1. The Morgan fingerprint density at radius 1 is 1.23 bits per heavy atom. The second-order valence-electron chi connectivity index (χ2n) is 6.21. The van der Waals surface area contributed by atoms with Gasteiger partial charge in [-0.3, -0.25) is 14.5 Å². The first kappa shape index (κ1) is 19.7. The number of primary amides is 1. The summed E-state index contributed by atoms with van der Waals surface area (Å²) in [6.45, 7) is 3.77. The Hall–Kier alpha value is -2.67. The Labute approximate surface area is 153 Å². The number of ether oxygens (including phenoxy) is 1. The molecule has 0 radical (unpaired) electrons. The molecule has 26 heavy (non-hydrogen) atoms. The maximum Gasteiger partial charge on any atom is 0.330 e. The van der Waals surface area contributed by atoms with Gasteiger partial charge in [-0.1, -0.05) is 12.1 Å². The molecule has 0 spiro atoms. The number of rotatable bonds is 7. The fourth-order valence-corrected chi connectivity index (χ4v) is 2.81. The molecule has 2 amide bonds. The molecule has 1 fully saturated rings. The van der Waals surface area contributed by atoms with E-state index in [0.717, 1.165) is 5.56 Å². The summed E-state index contributed by atoms with van der Waals surface area (Å²) in [6, 6.07) is 7.18. The minimum atomic E-state index is -0.384. The molecule has 1 aliphatic heterocycles. The van der Waals surface area contributed by atoms with Crippen molar-refractivity contribution in [1.82, 2.24) is 4.90 Å². The zero-order valence-electron chi connectivity index (χ0n) is 14.9. The number of likely N-dealkylation sites (tertiary alicyclic amines) is 1. The smallest absolute Gasteiger partial charge is 0.330 e. The number of nitrogens with two attached hydrogens (primary N) is 1. The van der Waals surface area contributed by atoms with E-state index in [1.54, 1.807) is 25.1 Å². The van der Waals surface area contributed by atoms with Gasteiger partial charge in [0.15, 0.2) is 0 Å². The van der Waals surface area contributed by atoms with Crippen LogP contribution in [-0.4, -0.2) is 48.9 Å². The average Bonchev–Trinajstić information content (AvgIpc) is 2.62. The van der Waals surface area contributed by atoms with Gasteiger partial charge in [0.05, 0.1) is 13.2 Å². The lowest BCUT2D eigenvalue weighted by Crippen LogP contribution is -2.42. The number of nitrogens with zero attached hydrogens (tertiary/aromatic N) is 1. The minimum absolute atomic E-state index is 0.0791. The number of carbonyl (C=O) groups is 3. The van der Waals surface area contributed by atoms with E-state index >= 15 is 0 Å². The van der Waals surface area contributed by atoms with E-state index < -0.39 is 0 Å². The van der Waals surface area contributed by atoms with Crippen molar-refractivity contribution in [2.45, 2.75) is 19.8 Å². The number of benzene rings is 1. The molecule has 0 saturated carbocycles. The van der Waals surface area contributed by atoms with Crippen LogP contribution in [0.1, 0.15) is 25.3 Å². The van der Waals surface area contributed by atoms with Crippen LogP contribution in [0.4, 0.5) is 5.69 Å². The molecule has 0 unspecified atom stereocenters. The van der Waals surface area contributed by atoms with Gasteiger partial charge in [-0.05, 0) is 56.6 Å². The SMILES string of the molecule is CCOC(=O)/C=C\c1ccc(NC(=O)CN2CCC(C(N)=O)CC2)cc1. The number of nitrogens with one attached hydrogen (secondary N) is 1. The van der Waals surface area contributed by atoms with Gasteiger partial charge in [-0.2, -0.15) is 0 Å². The summed E-state index contributed by atoms with van der Waals surface area (Å²) in [5, 5.41) is 2.85. The van der Waals surface area contributed by atoms with E-state index in [-0.39, 0.29) is 30.2 Å². The van der Waals surface area contributed by atoms with Crippen LogP contribution in [-0.2, 0) is 19.1 Å². The second kappa shape index (κ2) is 9.72. The molecule has 2 rings (SSSR count). The molecule has 0 bridgehead atoms. The van der Waals surface area contributed by atoms with E-state index in [2.05, 4.69) is 5.32 Å². The molecule has 1 aliphatic rings. The quantitative estimate of drug-likeness (QED) is 0.566. The fraction of sp³-hybridized carbons (Fsp3) is 0.421. The lowest BCUT2D eigenvalue weighted by Gasteiger charge is -2.29. The third-order valence-electron chi connectivity index (χ3n) is 4.25. The molecule has 0 aliphatic carbocycles. The van der Waals surface area contributed by atoms with E-state index in [9.17, 15) is 14.4 Å². The highest BCUT2D eigenvalue weighted by molar-refractivity contribution is 5.92. The van der Waals surface area contributed by atoms with Gasteiger partial charge in [-0.15, -0.1) is 0 Å². The largest absolute Gasteiger partial charge is 0.463 e. The van der Waals surface area contributed by atoms with Gasteiger partial charge < -0.3 is 15.8 Å². The highest BCUT2D eigenvalue weighted by atomic mass is 16.5. The monoisotopic (exact) mass is 359 g/mol. The molecular formula is C19H25N3O4. The van der Waals surface area contributed by atoms with Gasteiger partial charge in [0.25, 0.3) is 0 Å². The first-order valence-electron chi connectivity index (χ1n) is 8.74. The van der Waals surface area contributed by atoms with Crippen LogP contribution in [0.2, 0.25) is 0 Å². The standard InChI is InChI=1S/C19H25N3O4/c1-2-26-18(24)8-5-14-3-6-16(7-4-14)21-17(23)13-22-11-9-15(10-12-22)19(20)25/h3-8,15H,2,9-13H2,1H3,(H2,20,25)(H,21,23)/b8-5-. The normalized spacial score (nSPS) is 15.7. The number of carbonyl (C=O) groups excluding carboxylic acids is 3. The number of amides is 2. The number of hydrogen-bond acceptors (Lipinski definition) is 5. The van der Waals surface area contributed by atoms with E-state index in [1.807, 2.05) is 17.0 Å².